The summed E-state index contributed by atoms with van der Waals surface area (Å²) in [5, 5.41) is 11.4. The summed E-state index contributed by atoms with van der Waals surface area (Å²) in [7, 11) is 0. The van der Waals surface area contributed by atoms with Gasteiger partial charge < -0.3 is 5.32 Å². The fourth-order valence-corrected chi connectivity index (χ4v) is 3.37. The van der Waals surface area contributed by atoms with Gasteiger partial charge in [0.2, 0.25) is 0 Å². The van der Waals surface area contributed by atoms with E-state index in [1.54, 1.807) is 0 Å². The van der Waals surface area contributed by atoms with E-state index in [1.165, 1.54) is 11.1 Å². The van der Waals surface area contributed by atoms with Crippen molar-refractivity contribution < 1.29 is 4.79 Å². The Balaban J connectivity index is 1.67. The molecule has 1 aromatic heterocycles. The maximum atomic E-state index is 12.3. The van der Waals surface area contributed by atoms with Crippen LogP contribution in [0, 0.1) is 6.92 Å². The fourth-order valence-electron chi connectivity index (χ4n) is 3.37. The molecular formula is C18H23N5O. The van der Waals surface area contributed by atoms with E-state index in [0.29, 0.717) is 11.7 Å². The first-order valence-electron chi connectivity index (χ1n) is 8.74. The second-order valence-corrected chi connectivity index (χ2v) is 6.72. The molecule has 2 aromatic rings. The van der Waals surface area contributed by atoms with E-state index in [2.05, 4.69) is 45.7 Å². The Bertz CT molecular complexity index is 778. The van der Waals surface area contributed by atoms with E-state index >= 15 is 0 Å². The number of hydrogen-bond donors (Lipinski definition) is 1. The molecule has 24 heavy (non-hydrogen) atoms. The molecule has 0 bridgehead atoms. The minimum absolute atomic E-state index is 0.108. The van der Waals surface area contributed by atoms with Gasteiger partial charge in [0.25, 0.3) is 5.91 Å². The summed E-state index contributed by atoms with van der Waals surface area (Å²) in [5.41, 5.74) is 4.97. The third-order valence-corrected chi connectivity index (χ3v) is 5.02. The molecule has 0 saturated heterocycles. The molecular weight excluding hydrogens is 302 g/mol. The third-order valence-electron chi connectivity index (χ3n) is 5.02. The van der Waals surface area contributed by atoms with Gasteiger partial charge in [0, 0.05) is 19.1 Å². The van der Waals surface area contributed by atoms with Crippen molar-refractivity contribution in [1.29, 1.82) is 0 Å². The molecule has 1 aliphatic carbocycles. The second-order valence-electron chi connectivity index (χ2n) is 6.72. The standard InChI is InChI=1S/C18H23N5O/c1-3-22-10-9-15-13(11-22)5-4-6-16(15)23-12(2)17(20-21-23)18(24)19-14-7-8-14/h4-6,14H,3,7-11H2,1-2H3,(H,19,24). The molecule has 2 heterocycles. The molecule has 6 heteroatoms. The van der Waals surface area contributed by atoms with Crippen molar-refractivity contribution in [3.8, 4) is 5.69 Å². The fraction of sp³-hybridized carbons (Fsp3) is 0.500. The number of nitrogens with zero attached hydrogens (tertiary/aromatic N) is 4. The monoisotopic (exact) mass is 325 g/mol. The molecule has 1 N–H and O–H groups in total. The van der Waals surface area contributed by atoms with Crippen LogP contribution < -0.4 is 5.32 Å². The highest BCUT2D eigenvalue weighted by Crippen LogP contribution is 2.26. The van der Waals surface area contributed by atoms with Crippen LogP contribution in [0.3, 0.4) is 0 Å². The van der Waals surface area contributed by atoms with Crippen molar-refractivity contribution >= 4 is 5.91 Å². The van der Waals surface area contributed by atoms with Gasteiger partial charge in [-0.05, 0) is 49.9 Å². The van der Waals surface area contributed by atoms with E-state index in [-0.39, 0.29) is 5.91 Å². The Hall–Kier alpha value is -2.21. The highest BCUT2D eigenvalue weighted by Gasteiger charge is 2.27. The lowest BCUT2D eigenvalue weighted by atomic mass is 9.97. The summed E-state index contributed by atoms with van der Waals surface area (Å²) >= 11 is 0. The quantitative estimate of drug-likeness (QED) is 0.932. The van der Waals surface area contributed by atoms with E-state index in [0.717, 1.165) is 50.3 Å². The molecule has 1 amide bonds. The average molecular weight is 325 g/mol. The summed E-state index contributed by atoms with van der Waals surface area (Å²) < 4.78 is 1.82. The van der Waals surface area contributed by atoms with E-state index < -0.39 is 0 Å². The number of hydrogen-bond acceptors (Lipinski definition) is 4. The highest BCUT2D eigenvalue weighted by molar-refractivity contribution is 5.93. The first kappa shape index (κ1) is 15.3. The van der Waals surface area contributed by atoms with Crippen LogP contribution in [0.1, 0.15) is 47.1 Å². The number of fused-ring (bicyclic) bond motifs is 1. The van der Waals surface area contributed by atoms with Gasteiger partial charge in [-0.15, -0.1) is 5.10 Å². The Labute approximate surface area is 141 Å². The summed E-state index contributed by atoms with van der Waals surface area (Å²) in [6.45, 7) is 7.22. The summed E-state index contributed by atoms with van der Waals surface area (Å²) in [6, 6.07) is 6.66. The number of amides is 1. The van der Waals surface area contributed by atoms with Crippen LogP contribution in [-0.2, 0) is 13.0 Å². The second kappa shape index (κ2) is 6.02. The molecule has 0 spiro atoms. The minimum atomic E-state index is -0.108. The molecule has 0 radical (unpaired) electrons. The van der Waals surface area contributed by atoms with Gasteiger partial charge in [0.1, 0.15) is 0 Å². The molecule has 6 nitrogen and oxygen atoms in total. The van der Waals surface area contributed by atoms with Crippen molar-refractivity contribution in [2.45, 2.75) is 45.7 Å². The van der Waals surface area contributed by atoms with Crippen molar-refractivity contribution in [2.24, 2.45) is 0 Å². The molecule has 2 aliphatic rings. The molecule has 1 saturated carbocycles. The molecule has 0 atom stereocenters. The zero-order valence-corrected chi connectivity index (χ0v) is 14.2. The summed E-state index contributed by atoms with van der Waals surface area (Å²) in [4.78, 5) is 14.7. The Morgan fingerprint density at radius 3 is 2.96 bits per heavy atom. The minimum Gasteiger partial charge on any atom is -0.348 e. The van der Waals surface area contributed by atoms with E-state index in [9.17, 15) is 4.79 Å². The van der Waals surface area contributed by atoms with Gasteiger partial charge in [-0.3, -0.25) is 9.69 Å². The lowest BCUT2D eigenvalue weighted by Gasteiger charge is -2.29. The lowest BCUT2D eigenvalue weighted by Crippen LogP contribution is -2.31. The summed E-state index contributed by atoms with van der Waals surface area (Å²) in [5.74, 6) is -0.108. The number of likely N-dealkylation sites (N-methyl/N-ethyl adjacent to an activating group) is 1. The smallest absolute Gasteiger partial charge is 0.273 e. The van der Waals surface area contributed by atoms with Crippen molar-refractivity contribution in [3.63, 3.8) is 0 Å². The van der Waals surface area contributed by atoms with Crippen molar-refractivity contribution in [3.05, 3.63) is 40.7 Å². The van der Waals surface area contributed by atoms with Crippen LogP contribution in [0.2, 0.25) is 0 Å². The van der Waals surface area contributed by atoms with Crippen LogP contribution in [0.15, 0.2) is 18.2 Å². The van der Waals surface area contributed by atoms with Crippen LogP contribution in [0.5, 0.6) is 0 Å². The van der Waals surface area contributed by atoms with Gasteiger partial charge in [-0.1, -0.05) is 24.3 Å². The molecule has 0 unspecified atom stereocenters. The first-order chi connectivity index (χ1) is 11.7. The van der Waals surface area contributed by atoms with Crippen molar-refractivity contribution in [2.75, 3.05) is 13.1 Å². The number of carbonyl (C=O) groups is 1. The first-order valence-corrected chi connectivity index (χ1v) is 8.74. The van der Waals surface area contributed by atoms with E-state index in [1.807, 2.05) is 11.6 Å². The Kier molecular flexibility index (Phi) is 3.84. The predicted octanol–water partition coefficient (Wildman–Crippen LogP) is 1.85. The highest BCUT2D eigenvalue weighted by atomic mass is 16.2. The van der Waals surface area contributed by atoms with Gasteiger partial charge in [-0.2, -0.15) is 0 Å². The Morgan fingerprint density at radius 1 is 1.38 bits per heavy atom. The number of benzene rings is 1. The van der Waals surface area contributed by atoms with Crippen LogP contribution in [-0.4, -0.2) is 44.9 Å². The Morgan fingerprint density at radius 2 is 2.21 bits per heavy atom. The SMILES string of the molecule is CCN1CCc2c(cccc2-n2nnc(C(=O)NC3CC3)c2C)C1. The topological polar surface area (TPSA) is 63.1 Å². The van der Waals surface area contributed by atoms with Crippen LogP contribution in [0.25, 0.3) is 5.69 Å². The maximum Gasteiger partial charge on any atom is 0.273 e. The van der Waals surface area contributed by atoms with Gasteiger partial charge in [-0.25, -0.2) is 4.68 Å². The van der Waals surface area contributed by atoms with Crippen molar-refractivity contribution in [1.82, 2.24) is 25.2 Å². The number of nitrogens with one attached hydrogen (secondary N) is 1. The molecule has 4 rings (SSSR count). The van der Waals surface area contributed by atoms with E-state index in [4.69, 9.17) is 0 Å². The van der Waals surface area contributed by atoms with Gasteiger partial charge in [0.15, 0.2) is 5.69 Å². The number of carbonyl (C=O) groups excluding carboxylic acids is 1. The molecule has 1 aromatic carbocycles. The van der Waals surface area contributed by atoms with Gasteiger partial charge >= 0.3 is 0 Å². The maximum absolute atomic E-state index is 12.3. The zero-order valence-electron chi connectivity index (χ0n) is 14.2. The molecule has 1 fully saturated rings. The van der Waals surface area contributed by atoms with Crippen LogP contribution in [0.4, 0.5) is 0 Å². The average Bonchev–Trinajstić information content (AvgIpc) is 3.33. The third kappa shape index (κ3) is 2.71. The lowest BCUT2D eigenvalue weighted by molar-refractivity contribution is 0.0945. The molecule has 1 aliphatic heterocycles. The summed E-state index contributed by atoms with van der Waals surface area (Å²) in [6.07, 6.45) is 3.14. The largest absolute Gasteiger partial charge is 0.348 e. The zero-order chi connectivity index (χ0) is 16.7. The van der Waals surface area contributed by atoms with Crippen LogP contribution >= 0.6 is 0 Å². The molecule has 126 valence electrons. The van der Waals surface area contributed by atoms with Gasteiger partial charge in [0.05, 0.1) is 11.4 Å². The number of aromatic nitrogens is 3. The predicted molar refractivity (Wildman–Crippen MR) is 91.2 cm³/mol. The normalized spacial score (nSPS) is 17.6. The number of rotatable bonds is 4.